The second kappa shape index (κ2) is 5.90. The van der Waals surface area contributed by atoms with E-state index in [0.717, 1.165) is 11.3 Å². The zero-order valence-corrected chi connectivity index (χ0v) is 10.9. The molecule has 1 aromatic rings. The number of anilines is 1. The van der Waals surface area contributed by atoms with E-state index in [0.29, 0.717) is 25.3 Å². The Morgan fingerprint density at radius 3 is 3.05 bits per heavy atom. The molecule has 1 aliphatic rings. The number of nitrogens with zero attached hydrogens (tertiary/aromatic N) is 2. The fraction of sp³-hybridized carbons (Fsp3) is 0.462. The standard InChI is InChI=1S/C13H19N3O3/c1-9-3-2-4-11(13(14)15-18)12(9)16-5-6-19-10(7-16)8-17/h2-4,10,17-18H,5-8H2,1H3,(H2,14,15). The molecule has 104 valence electrons. The molecule has 1 atom stereocenters. The van der Waals surface area contributed by atoms with Crippen LogP contribution in [0.1, 0.15) is 11.1 Å². The van der Waals surface area contributed by atoms with Crippen LogP contribution >= 0.6 is 0 Å². The van der Waals surface area contributed by atoms with Crippen molar-refractivity contribution in [1.82, 2.24) is 0 Å². The summed E-state index contributed by atoms with van der Waals surface area (Å²) in [6.07, 6.45) is -0.200. The van der Waals surface area contributed by atoms with Crippen molar-refractivity contribution in [3.05, 3.63) is 29.3 Å². The van der Waals surface area contributed by atoms with Gasteiger partial charge >= 0.3 is 0 Å². The van der Waals surface area contributed by atoms with Crippen LogP contribution in [0.4, 0.5) is 5.69 Å². The summed E-state index contributed by atoms with van der Waals surface area (Å²) in [5.74, 6) is 0.0886. The first-order valence-corrected chi connectivity index (χ1v) is 6.22. The van der Waals surface area contributed by atoms with Gasteiger partial charge in [-0.15, -0.1) is 0 Å². The van der Waals surface area contributed by atoms with Crippen LogP contribution in [-0.4, -0.2) is 48.6 Å². The lowest BCUT2D eigenvalue weighted by Crippen LogP contribution is -2.45. The van der Waals surface area contributed by atoms with Crippen LogP contribution in [0.2, 0.25) is 0 Å². The quantitative estimate of drug-likeness (QED) is 0.316. The summed E-state index contributed by atoms with van der Waals surface area (Å²) in [5.41, 5.74) is 8.40. The predicted molar refractivity (Wildman–Crippen MR) is 72.7 cm³/mol. The maximum atomic E-state index is 9.21. The van der Waals surface area contributed by atoms with Crippen molar-refractivity contribution in [2.75, 3.05) is 31.2 Å². The monoisotopic (exact) mass is 265 g/mol. The minimum atomic E-state index is -0.200. The number of rotatable bonds is 3. The number of oxime groups is 1. The molecule has 1 saturated heterocycles. The van der Waals surface area contributed by atoms with E-state index in [-0.39, 0.29) is 18.5 Å². The Kier molecular flexibility index (Phi) is 4.24. The lowest BCUT2D eigenvalue weighted by molar-refractivity contribution is 0.00353. The number of ether oxygens (including phenoxy) is 1. The van der Waals surface area contributed by atoms with Crippen molar-refractivity contribution in [1.29, 1.82) is 0 Å². The Morgan fingerprint density at radius 2 is 2.37 bits per heavy atom. The Morgan fingerprint density at radius 1 is 1.58 bits per heavy atom. The molecule has 0 saturated carbocycles. The molecule has 0 radical (unpaired) electrons. The number of para-hydroxylation sites is 1. The highest BCUT2D eigenvalue weighted by Crippen LogP contribution is 2.26. The van der Waals surface area contributed by atoms with Crippen LogP contribution in [0.3, 0.4) is 0 Å². The molecule has 0 aromatic heterocycles. The van der Waals surface area contributed by atoms with E-state index >= 15 is 0 Å². The summed E-state index contributed by atoms with van der Waals surface area (Å²) >= 11 is 0. The summed E-state index contributed by atoms with van der Waals surface area (Å²) in [7, 11) is 0. The van der Waals surface area contributed by atoms with Gasteiger partial charge in [-0.3, -0.25) is 0 Å². The van der Waals surface area contributed by atoms with Gasteiger partial charge in [0.25, 0.3) is 0 Å². The van der Waals surface area contributed by atoms with E-state index in [1.54, 1.807) is 0 Å². The lowest BCUT2D eigenvalue weighted by Gasteiger charge is -2.35. The van der Waals surface area contributed by atoms with Crippen molar-refractivity contribution >= 4 is 11.5 Å². The van der Waals surface area contributed by atoms with Crippen molar-refractivity contribution in [2.24, 2.45) is 10.9 Å². The molecule has 0 spiro atoms. The van der Waals surface area contributed by atoms with E-state index < -0.39 is 0 Å². The van der Waals surface area contributed by atoms with Gasteiger partial charge in [-0.1, -0.05) is 17.3 Å². The molecule has 1 aliphatic heterocycles. The van der Waals surface area contributed by atoms with Crippen molar-refractivity contribution in [3.63, 3.8) is 0 Å². The zero-order chi connectivity index (χ0) is 13.8. The number of nitrogens with two attached hydrogens (primary N) is 1. The van der Waals surface area contributed by atoms with Gasteiger partial charge in [-0.25, -0.2) is 0 Å². The summed E-state index contributed by atoms with van der Waals surface area (Å²) in [6.45, 7) is 3.82. The highest BCUT2D eigenvalue weighted by molar-refractivity contribution is 6.02. The molecule has 0 amide bonds. The Labute approximate surface area is 112 Å². The van der Waals surface area contributed by atoms with E-state index in [1.807, 2.05) is 25.1 Å². The number of benzene rings is 1. The number of morpholine rings is 1. The first-order chi connectivity index (χ1) is 9.17. The highest BCUT2D eigenvalue weighted by Gasteiger charge is 2.23. The first kappa shape index (κ1) is 13.6. The van der Waals surface area contributed by atoms with Gasteiger partial charge < -0.3 is 25.7 Å². The third kappa shape index (κ3) is 2.80. The number of hydrogen-bond donors (Lipinski definition) is 3. The van der Waals surface area contributed by atoms with Gasteiger partial charge in [0.2, 0.25) is 0 Å². The second-order valence-electron chi connectivity index (χ2n) is 4.58. The van der Waals surface area contributed by atoms with Crippen molar-refractivity contribution < 1.29 is 15.1 Å². The van der Waals surface area contributed by atoms with Gasteiger partial charge in [-0.2, -0.15) is 0 Å². The molecular weight excluding hydrogens is 246 g/mol. The summed E-state index contributed by atoms with van der Waals surface area (Å²) in [5, 5.41) is 21.2. The third-order valence-corrected chi connectivity index (χ3v) is 3.28. The lowest BCUT2D eigenvalue weighted by atomic mass is 10.0. The van der Waals surface area contributed by atoms with Crippen LogP contribution in [-0.2, 0) is 4.74 Å². The van der Waals surface area contributed by atoms with E-state index in [4.69, 9.17) is 15.7 Å². The molecule has 4 N–H and O–H groups in total. The molecule has 19 heavy (non-hydrogen) atoms. The molecule has 1 aromatic carbocycles. The van der Waals surface area contributed by atoms with Crippen LogP contribution < -0.4 is 10.6 Å². The normalized spacial score (nSPS) is 20.6. The van der Waals surface area contributed by atoms with Gasteiger partial charge in [-0.05, 0) is 18.6 Å². The molecule has 6 nitrogen and oxygen atoms in total. The van der Waals surface area contributed by atoms with E-state index in [9.17, 15) is 5.11 Å². The van der Waals surface area contributed by atoms with Gasteiger partial charge in [0, 0.05) is 18.7 Å². The first-order valence-electron chi connectivity index (χ1n) is 6.22. The maximum absolute atomic E-state index is 9.21. The van der Waals surface area contributed by atoms with E-state index in [1.165, 1.54) is 0 Å². The average molecular weight is 265 g/mol. The molecule has 0 bridgehead atoms. The molecule has 6 heteroatoms. The van der Waals surface area contributed by atoms with Crippen molar-refractivity contribution in [3.8, 4) is 0 Å². The van der Waals surface area contributed by atoms with Crippen molar-refractivity contribution in [2.45, 2.75) is 13.0 Å². The largest absolute Gasteiger partial charge is 0.409 e. The van der Waals surface area contributed by atoms with Crippen LogP contribution in [0.25, 0.3) is 0 Å². The van der Waals surface area contributed by atoms with Gasteiger partial charge in [0.1, 0.15) is 0 Å². The van der Waals surface area contributed by atoms with E-state index in [2.05, 4.69) is 10.1 Å². The number of aliphatic hydroxyl groups excluding tert-OH is 1. The average Bonchev–Trinajstić information content (AvgIpc) is 2.46. The number of hydrogen-bond acceptors (Lipinski definition) is 5. The second-order valence-corrected chi connectivity index (χ2v) is 4.58. The van der Waals surface area contributed by atoms with Crippen LogP contribution in [0.15, 0.2) is 23.4 Å². The molecule has 1 heterocycles. The molecular formula is C13H19N3O3. The predicted octanol–water partition coefficient (Wildman–Crippen LogP) is 0.287. The summed E-state index contributed by atoms with van der Waals surface area (Å²) in [4.78, 5) is 2.10. The summed E-state index contributed by atoms with van der Waals surface area (Å²) < 4.78 is 5.44. The smallest absolute Gasteiger partial charge is 0.172 e. The van der Waals surface area contributed by atoms with Crippen LogP contribution in [0.5, 0.6) is 0 Å². The topological polar surface area (TPSA) is 91.3 Å². The molecule has 1 fully saturated rings. The minimum Gasteiger partial charge on any atom is -0.409 e. The Balaban J connectivity index is 2.37. The number of aliphatic hydroxyl groups is 1. The fourth-order valence-corrected chi connectivity index (χ4v) is 2.37. The Bertz CT molecular complexity index is 476. The van der Waals surface area contributed by atoms with Gasteiger partial charge in [0.05, 0.1) is 25.0 Å². The summed E-state index contributed by atoms with van der Waals surface area (Å²) in [6, 6.07) is 5.67. The minimum absolute atomic E-state index is 0.0126. The molecule has 2 rings (SSSR count). The number of amidine groups is 1. The SMILES string of the molecule is Cc1cccc(/C(N)=N/O)c1N1CCOC(CO)C1. The van der Waals surface area contributed by atoms with Crippen LogP contribution in [0, 0.1) is 6.92 Å². The Hall–Kier alpha value is -1.79. The highest BCUT2D eigenvalue weighted by atomic mass is 16.5. The zero-order valence-electron chi connectivity index (χ0n) is 10.9. The van der Waals surface area contributed by atoms with Gasteiger partial charge in [0.15, 0.2) is 5.84 Å². The molecule has 0 aliphatic carbocycles. The fourth-order valence-electron chi connectivity index (χ4n) is 2.37. The molecule has 1 unspecified atom stereocenters. The third-order valence-electron chi connectivity index (χ3n) is 3.28. The maximum Gasteiger partial charge on any atom is 0.172 e. The number of aryl methyl sites for hydroxylation is 1.